The number of aryl methyl sites for hydroxylation is 1. The molecule has 75 valence electrons. The maximum Gasteiger partial charge on any atom is 0.140 e. The molecule has 0 aliphatic carbocycles. The monoisotopic (exact) mass is 219 g/mol. The zero-order chi connectivity index (χ0) is 10.8. The predicted molar refractivity (Wildman–Crippen MR) is 60.4 cm³/mol. The molecular weight excluding hydrogens is 211 g/mol. The molecule has 0 saturated heterocycles. The molecule has 0 aliphatic heterocycles. The van der Waals surface area contributed by atoms with Crippen LogP contribution in [0.25, 0.3) is 11.1 Å². The number of hydrogen-bond acceptors (Lipinski definition) is 0. The fourth-order valence-electron chi connectivity index (χ4n) is 1.55. The van der Waals surface area contributed by atoms with Crippen LogP contribution in [-0.2, 0) is 0 Å². The van der Waals surface area contributed by atoms with E-state index in [0.29, 0.717) is 10.6 Å². The molecule has 0 amide bonds. The molecule has 0 bridgehead atoms. The Kier molecular flexibility index (Phi) is 2.74. The lowest BCUT2D eigenvalue weighted by molar-refractivity contribution is 0.629. The molecule has 2 aromatic rings. The van der Waals surface area contributed by atoms with Gasteiger partial charge in [-0.3, -0.25) is 0 Å². The average Bonchev–Trinajstić information content (AvgIpc) is 2.20. The molecule has 0 spiro atoms. The highest BCUT2D eigenvalue weighted by molar-refractivity contribution is 6.33. The third kappa shape index (κ3) is 1.88. The molecule has 2 rings (SSSR count). The van der Waals surface area contributed by atoms with Crippen LogP contribution < -0.4 is 0 Å². The largest absolute Gasteiger partial charge is 0.206 e. The molecule has 0 aliphatic rings. The predicted octanol–water partition coefficient (Wildman–Crippen LogP) is 4.25. The van der Waals surface area contributed by atoms with Gasteiger partial charge in [0.05, 0.1) is 5.02 Å². The summed E-state index contributed by atoms with van der Waals surface area (Å²) in [6.45, 7) is 1.93. The lowest BCUT2D eigenvalue weighted by atomic mass is 10.0. The van der Waals surface area contributed by atoms with E-state index in [1.165, 1.54) is 6.07 Å². The normalized spacial score (nSPS) is 10.3. The Balaban J connectivity index is 2.69. The lowest BCUT2D eigenvalue weighted by Crippen LogP contribution is -1.88. The van der Waals surface area contributed by atoms with Gasteiger partial charge in [-0.25, -0.2) is 4.39 Å². The van der Waals surface area contributed by atoms with Crippen LogP contribution >= 0.6 is 11.6 Å². The minimum atomic E-state index is -0.406. The Morgan fingerprint density at radius 1 is 1.20 bits per heavy atom. The highest BCUT2D eigenvalue weighted by Gasteiger charge is 2.10. The molecule has 15 heavy (non-hydrogen) atoms. The quantitative estimate of drug-likeness (QED) is 0.673. The summed E-state index contributed by atoms with van der Waals surface area (Å²) in [7, 11) is 0. The Labute approximate surface area is 93.3 Å². The van der Waals surface area contributed by atoms with Gasteiger partial charge in [0.15, 0.2) is 0 Å². The molecule has 2 aromatic carbocycles. The maximum absolute atomic E-state index is 13.6. The number of halogens is 2. The van der Waals surface area contributed by atoms with Crippen LogP contribution in [0, 0.1) is 18.8 Å². The minimum Gasteiger partial charge on any atom is -0.206 e. The third-order valence-electron chi connectivity index (χ3n) is 2.31. The van der Waals surface area contributed by atoms with Crippen molar-refractivity contribution in [2.75, 3.05) is 0 Å². The fourth-order valence-corrected chi connectivity index (χ4v) is 1.80. The van der Waals surface area contributed by atoms with Gasteiger partial charge in [-0.05, 0) is 30.2 Å². The molecule has 0 fully saturated rings. The highest BCUT2D eigenvalue weighted by atomic mass is 35.5. The molecule has 2 heteroatoms. The third-order valence-corrected chi connectivity index (χ3v) is 2.63. The Morgan fingerprint density at radius 3 is 2.60 bits per heavy atom. The molecular formula is C13H9ClF. The van der Waals surface area contributed by atoms with Crippen molar-refractivity contribution in [2.45, 2.75) is 6.92 Å². The van der Waals surface area contributed by atoms with Crippen LogP contribution in [-0.4, -0.2) is 0 Å². The van der Waals surface area contributed by atoms with Gasteiger partial charge in [0.1, 0.15) is 5.82 Å². The summed E-state index contributed by atoms with van der Waals surface area (Å²) in [5.74, 6) is -0.406. The van der Waals surface area contributed by atoms with Crippen molar-refractivity contribution in [3.63, 3.8) is 0 Å². The summed E-state index contributed by atoms with van der Waals surface area (Å²) in [6.07, 6.45) is 0. The Hall–Kier alpha value is -1.34. The van der Waals surface area contributed by atoms with E-state index in [2.05, 4.69) is 6.07 Å². The van der Waals surface area contributed by atoms with Gasteiger partial charge in [-0.2, -0.15) is 0 Å². The van der Waals surface area contributed by atoms with E-state index in [1.807, 2.05) is 31.2 Å². The van der Waals surface area contributed by atoms with Crippen LogP contribution in [0.5, 0.6) is 0 Å². The van der Waals surface area contributed by atoms with Crippen LogP contribution in [0.1, 0.15) is 5.56 Å². The van der Waals surface area contributed by atoms with Gasteiger partial charge in [-0.15, -0.1) is 0 Å². The maximum atomic E-state index is 13.6. The van der Waals surface area contributed by atoms with Crippen molar-refractivity contribution in [3.05, 3.63) is 58.9 Å². The van der Waals surface area contributed by atoms with E-state index >= 15 is 0 Å². The van der Waals surface area contributed by atoms with Gasteiger partial charge in [0.2, 0.25) is 0 Å². The molecule has 0 saturated carbocycles. The summed E-state index contributed by atoms with van der Waals surface area (Å²) < 4.78 is 13.6. The zero-order valence-electron chi connectivity index (χ0n) is 8.22. The van der Waals surface area contributed by atoms with E-state index in [0.717, 1.165) is 11.1 Å². The first-order valence-electron chi connectivity index (χ1n) is 4.62. The van der Waals surface area contributed by atoms with Crippen LogP contribution in [0.3, 0.4) is 0 Å². The number of benzene rings is 2. The molecule has 1 radical (unpaired) electrons. The Bertz CT molecular complexity index is 471. The summed E-state index contributed by atoms with van der Waals surface area (Å²) in [4.78, 5) is 0. The van der Waals surface area contributed by atoms with Crippen LogP contribution in [0.4, 0.5) is 4.39 Å². The van der Waals surface area contributed by atoms with Gasteiger partial charge in [0.25, 0.3) is 0 Å². The lowest BCUT2D eigenvalue weighted by Gasteiger charge is -2.08. The smallest absolute Gasteiger partial charge is 0.140 e. The second-order valence-corrected chi connectivity index (χ2v) is 3.74. The van der Waals surface area contributed by atoms with Crippen molar-refractivity contribution >= 4 is 11.6 Å². The van der Waals surface area contributed by atoms with Crippen molar-refractivity contribution in [2.24, 2.45) is 0 Å². The van der Waals surface area contributed by atoms with Crippen molar-refractivity contribution in [1.82, 2.24) is 0 Å². The average molecular weight is 220 g/mol. The molecule has 0 nitrogen and oxygen atoms in total. The number of rotatable bonds is 1. The fraction of sp³-hybridized carbons (Fsp3) is 0.0769. The van der Waals surface area contributed by atoms with E-state index in [-0.39, 0.29) is 0 Å². The first kappa shape index (κ1) is 10.2. The second kappa shape index (κ2) is 4.03. The van der Waals surface area contributed by atoms with Crippen molar-refractivity contribution < 1.29 is 4.39 Å². The molecule has 0 aromatic heterocycles. The van der Waals surface area contributed by atoms with Gasteiger partial charge < -0.3 is 0 Å². The first-order valence-corrected chi connectivity index (χ1v) is 4.99. The molecule has 0 heterocycles. The van der Waals surface area contributed by atoms with Crippen molar-refractivity contribution in [1.29, 1.82) is 0 Å². The van der Waals surface area contributed by atoms with E-state index in [1.54, 1.807) is 6.07 Å². The summed E-state index contributed by atoms with van der Waals surface area (Å²) >= 11 is 5.98. The summed E-state index contributed by atoms with van der Waals surface area (Å²) in [5.41, 5.74) is 2.24. The van der Waals surface area contributed by atoms with Gasteiger partial charge in [-0.1, -0.05) is 35.9 Å². The standard InChI is InChI=1S/C13H9ClF/c1-9-5-2-3-6-10(9)13-11(14)7-4-8-12(13)15/h2-7H,1H3. The minimum absolute atomic E-state index is 0.406. The van der Waals surface area contributed by atoms with Crippen molar-refractivity contribution in [3.8, 4) is 11.1 Å². The first-order chi connectivity index (χ1) is 7.20. The molecule has 0 N–H and O–H groups in total. The second-order valence-electron chi connectivity index (χ2n) is 3.33. The molecule has 0 atom stereocenters. The highest BCUT2D eigenvalue weighted by Crippen LogP contribution is 2.32. The summed E-state index contributed by atoms with van der Waals surface area (Å²) in [5, 5.41) is 0.417. The number of hydrogen-bond donors (Lipinski definition) is 0. The molecule has 0 unspecified atom stereocenters. The van der Waals surface area contributed by atoms with Gasteiger partial charge >= 0.3 is 0 Å². The SMILES string of the molecule is Cc1ccccc1-c1c(F)[c]ccc1Cl. The van der Waals surface area contributed by atoms with Gasteiger partial charge in [0, 0.05) is 11.6 Å². The van der Waals surface area contributed by atoms with E-state index < -0.39 is 5.82 Å². The van der Waals surface area contributed by atoms with Crippen LogP contribution in [0.15, 0.2) is 36.4 Å². The summed E-state index contributed by atoms with van der Waals surface area (Å²) in [6, 6.07) is 13.2. The van der Waals surface area contributed by atoms with Crippen LogP contribution in [0.2, 0.25) is 5.02 Å². The van der Waals surface area contributed by atoms with E-state index in [9.17, 15) is 4.39 Å². The van der Waals surface area contributed by atoms with E-state index in [4.69, 9.17) is 11.6 Å². The zero-order valence-corrected chi connectivity index (χ0v) is 8.98. The topological polar surface area (TPSA) is 0 Å². The Morgan fingerprint density at radius 2 is 1.93 bits per heavy atom.